The molecule has 0 radical (unpaired) electrons. The summed E-state index contributed by atoms with van der Waals surface area (Å²) in [5.74, 6) is 0. The van der Waals surface area contributed by atoms with Crippen LogP contribution >= 0.6 is 11.3 Å². The van der Waals surface area contributed by atoms with Crippen molar-refractivity contribution >= 4 is 17.0 Å². The van der Waals surface area contributed by atoms with E-state index < -0.39 is 0 Å². The molecule has 0 saturated heterocycles. The summed E-state index contributed by atoms with van der Waals surface area (Å²) in [6, 6.07) is 7.64. The molecule has 0 fully saturated rings. The summed E-state index contributed by atoms with van der Waals surface area (Å²) in [5, 5.41) is 2.68. The third-order valence-electron chi connectivity index (χ3n) is 1.94. The highest BCUT2D eigenvalue weighted by molar-refractivity contribution is 7.11. The largest absolute Gasteiger partial charge is 0.465 e. The smallest absolute Gasteiger partial charge is 0.273 e. The number of aryl methyl sites for hydroxylation is 1. The van der Waals surface area contributed by atoms with Crippen LogP contribution in [0.15, 0.2) is 29.6 Å². The number of rotatable bonds is 3. The van der Waals surface area contributed by atoms with Crippen LogP contribution in [0.1, 0.15) is 11.3 Å². The highest BCUT2D eigenvalue weighted by atomic mass is 32.1. The second kappa shape index (κ2) is 4.31. The monoisotopic (exact) mass is 220 g/mol. The molecule has 2 aromatic rings. The first-order valence-electron chi connectivity index (χ1n) is 4.63. The molecule has 1 aromatic carbocycles. The average Bonchev–Trinajstić information content (AvgIpc) is 2.64. The molecule has 0 aliphatic carbocycles. The lowest BCUT2D eigenvalue weighted by Gasteiger charge is -2.02. The molecule has 4 heteroatoms. The van der Waals surface area contributed by atoms with Crippen molar-refractivity contribution in [3.63, 3.8) is 0 Å². The van der Waals surface area contributed by atoms with Gasteiger partial charge in [-0.1, -0.05) is 23.5 Å². The number of anilines is 1. The number of hydrogen-bond acceptors (Lipinski definition) is 4. The molecule has 2 N–H and O–H groups in total. The minimum Gasteiger partial charge on any atom is -0.465 e. The number of nitrogens with two attached hydrogens (primary N) is 1. The zero-order valence-corrected chi connectivity index (χ0v) is 9.25. The van der Waals surface area contributed by atoms with E-state index in [0.29, 0.717) is 11.8 Å². The second-order valence-corrected chi connectivity index (χ2v) is 4.11. The van der Waals surface area contributed by atoms with E-state index in [9.17, 15) is 0 Å². The van der Waals surface area contributed by atoms with Crippen LogP contribution in [0, 0.1) is 6.92 Å². The van der Waals surface area contributed by atoms with Crippen molar-refractivity contribution in [3.8, 4) is 5.19 Å². The van der Waals surface area contributed by atoms with E-state index in [2.05, 4.69) is 4.98 Å². The van der Waals surface area contributed by atoms with Gasteiger partial charge < -0.3 is 10.5 Å². The third kappa shape index (κ3) is 2.70. The summed E-state index contributed by atoms with van der Waals surface area (Å²) >= 11 is 1.51. The minimum atomic E-state index is 0.535. The quantitative estimate of drug-likeness (QED) is 0.809. The first-order valence-corrected chi connectivity index (χ1v) is 5.51. The van der Waals surface area contributed by atoms with Gasteiger partial charge in [0.1, 0.15) is 6.61 Å². The topological polar surface area (TPSA) is 48.1 Å². The van der Waals surface area contributed by atoms with Crippen molar-refractivity contribution in [2.45, 2.75) is 13.5 Å². The lowest BCUT2D eigenvalue weighted by atomic mass is 10.2. The molecule has 0 amide bonds. The summed E-state index contributed by atoms with van der Waals surface area (Å²) in [4.78, 5) is 4.21. The molecule has 0 aliphatic rings. The van der Waals surface area contributed by atoms with Crippen LogP contribution in [0.2, 0.25) is 0 Å². The van der Waals surface area contributed by atoms with Crippen LogP contribution in [-0.4, -0.2) is 4.98 Å². The maximum Gasteiger partial charge on any atom is 0.273 e. The molecule has 3 nitrogen and oxygen atoms in total. The van der Waals surface area contributed by atoms with Crippen molar-refractivity contribution < 1.29 is 4.74 Å². The molecule has 0 atom stereocenters. The maximum absolute atomic E-state index is 5.59. The molecule has 0 spiro atoms. The van der Waals surface area contributed by atoms with Crippen LogP contribution in [0.5, 0.6) is 5.19 Å². The van der Waals surface area contributed by atoms with Gasteiger partial charge in [0, 0.05) is 11.1 Å². The molecular formula is C11H12N2OS. The van der Waals surface area contributed by atoms with Crippen molar-refractivity contribution in [2.75, 3.05) is 5.73 Å². The Labute approximate surface area is 92.5 Å². The minimum absolute atomic E-state index is 0.535. The van der Waals surface area contributed by atoms with E-state index in [-0.39, 0.29) is 0 Å². The molecule has 1 heterocycles. The fraction of sp³-hybridized carbons (Fsp3) is 0.182. The summed E-state index contributed by atoms with van der Waals surface area (Å²) in [6.45, 7) is 2.49. The Balaban J connectivity index is 1.96. The maximum atomic E-state index is 5.59. The molecule has 1 aromatic heterocycles. The Morgan fingerprint density at radius 2 is 2.07 bits per heavy atom. The van der Waals surface area contributed by atoms with Gasteiger partial charge in [-0.2, -0.15) is 0 Å². The van der Waals surface area contributed by atoms with Gasteiger partial charge in [0.05, 0.1) is 5.69 Å². The molecular weight excluding hydrogens is 208 g/mol. The fourth-order valence-electron chi connectivity index (χ4n) is 1.16. The zero-order valence-electron chi connectivity index (χ0n) is 8.43. The summed E-state index contributed by atoms with van der Waals surface area (Å²) < 4.78 is 5.52. The highest BCUT2D eigenvalue weighted by Crippen LogP contribution is 2.18. The molecule has 0 aliphatic heterocycles. The number of benzene rings is 1. The van der Waals surface area contributed by atoms with Gasteiger partial charge in [0.15, 0.2) is 0 Å². The lowest BCUT2D eigenvalue weighted by molar-refractivity contribution is 0.304. The second-order valence-electron chi connectivity index (χ2n) is 3.29. The predicted molar refractivity (Wildman–Crippen MR) is 62.0 cm³/mol. The van der Waals surface area contributed by atoms with E-state index in [0.717, 1.165) is 16.9 Å². The number of hydrogen-bond donors (Lipinski definition) is 1. The van der Waals surface area contributed by atoms with E-state index in [1.807, 2.05) is 36.6 Å². The Hall–Kier alpha value is -1.55. The number of nitrogen functional groups attached to an aromatic ring is 1. The van der Waals surface area contributed by atoms with Gasteiger partial charge in [0.2, 0.25) is 0 Å². The van der Waals surface area contributed by atoms with Crippen molar-refractivity contribution in [1.29, 1.82) is 0 Å². The van der Waals surface area contributed by atoms with Gasteiger partial charge in [0.25, 0.3) is 5.19 Å². The van der Waals surface area contributed by atoms with Crippen LogP contribution < -0.4 is 10.5 Å². The first-order chi connectivity index (χ1) is 7.24. The summed E-state index contributed by atoms with van der Waals surface area (Å²) in [7, 11) is 0. The molecule has 0 saturated carbocycles. The van der Waals surface area contributed by atoms with Crippen LogP contribution in [0.25, 0.3) is 0 Å². The molecule has 2 rings (SSSR count). The molecule has 15 heavy (non-hydrogen) atoms. The van der Waals surface area contributed by atoms with Crippen molar-refractivity contribution in [3.05, 3.63) is 40.9 Å². The summed E-state index contributed by atoms with van der Waals surface area (Å²) in [5.41, 5.74) is 8.44. The molecule has 0 bridgehead atoms. The molecule has 0 unspecified atom stereocenters. The Morgan fingerprint density at radius 1 is 1.33 bits per heavy atom. The highest BCUT2D eigenvalue weighted by Gasteiger charge is 1.99. The van der Waals surface area contributed by atoms with E-state index in [1.165, 1.54) is 11.3 Å². The van der Waals surface area contributed by atoms with Crippen LogP contribution in [0.4, 0.5) is 5.69 Å². The van der Waals surface area contributed by atoms with Gasteiger partial charge in [-0.25, -0.2) is 4.98 Å². The Bertz CT molecular complexity index is 436. The number of aromatic nitrogens is 1. The van der Waals surface area contributed by atoms with Crippen LogP contribution in [0.3, 0.4) is 0 Å². The number of ether oxygens (including phenoxy) is 1. The van der Waals surface area contributed by atoms with Crippen molar-refractivity contribution in [2.24, 2.45) is 0 Å². The fourth-order valence-corrected chi connectivity index (χ4v) is 1.81. The lowest BCUT2D eigenvalue weighted by Crippen LogP contribution is -1.95. The number of thiazole rings is 1. The molecule has 78 valence electrons. The standard InChI is InChI=1S/C11H12N2OS/c1-8-7-15-11(13-8)14-6-9-2-4-10(12)5-3-9/h2-5,7H,6,12H2,1H3. The Morgan fingerprint density at radius 3 is 2.67 bits per heavy atom. The SMILES string of the molecule is Cc1csc(OCc2ccc(N)cc2)n1. The predicted octanol–water partition coefficient (Wildman–Crippen LogP) is 2.61. The third-order valence-corrected chi connectivity index (χ3v) is 2.81. The van der Waals surface area contributed by atoms with Gasteiger partial charge in [-0.05, 0) is 24.6 Å². The van der Waals surface area contributed by atoms with Gasteiger partial charge >= 0.3 is 0 Å². The zero-order chi connectivity index (χ0) is 10.7. The number of nitrogens with zero attached hydrogens (tertiary/aromatic N) is 1. The van der Waals surface area contributed by atoms with Crippen molar-refractivity contribution in [1.82, 2.24) is 4.98 Å². The van der Waals surface area contributed by atoms with E-state index in [4.69, 9.17) is 10.5 Å². The van der Waals surface area contributed by atoms with Crippen LogP contribution in [-0.2, 0) is 6.61 Å². The van der Waals surface area contributed by atoms with E-state index in [1.54, 1.807) is 0 Å². The normalized spacial score (nSPS) is 10.2. The van der Waals surface area contributed by atoms with Gasteiger partial charge in [-0.15, -0.1) is 0 Å². The van der Waals surface area contributed by atoms with Gasteiger partial charge in [-0.3, -0.25) is 0 Å². The first kappa shape index (κ1) is 9.98. The average molecular weight is 220 g/mol. The summed E-state index contributed by atoms with van der Waals surface area (Å²) in [6.07, 6.45) is 0. The van der Waals surface area contributed by atoms with E-state index >= 15 is 0 Å². The Kier molecular flexibility index (Phi) is 2.87.